The third-order valence-corrected chi connectivity index (χ3v) is 9.73. The molecule has 1 aromatic carbocycles. The van der Waals surface area contributed by atoms with Gasteiger partial charge in [0.25, 0.3) is 0 Å². The zero-order chi connectivity index (χ0) is 26.0. The van der Waals surface area contributed by atoms with Crippen LogP contribution in [-0.4, -0.2) is 63.7 Å². The molecule has 0 unspecified atom stereocenters. The van der Waals surface area contributed by atoms with Crippen LogP contribution in [0, 0.1) is 0 Å². The lowest BCUT2D eigenvalue weighted by Gasteiger charge is -2.48. The van der Waals surface area contributed by atoms with Crippen molar-refractivity contribution in [3.63, 3.8) is 0 Å². The van der Waals surface area contributed by atoms with Crippen LogP contribution in [-0.2, 0) is 14.9 Å². The maximum absolute atomic E-state index is 14.2. The summed E-state index contributed by atoms with van der Waals surface area (Å²) in [6.45, 7) is 7.89. The van der Waals surface area contributed by atoms with Gasteiger partial charge in [-0.3, -0.25) is 4.79 Å². The van der Waals surface area contributed by atoms with Crippen LogP contribution in [0.3, 0.4) is 0 Å². The monoisotopic (exact) mass is 533 g/mol. The third kappa shape index (κ3) is 3.73. The second-order valence-electron chi connectivity index (χ2n) is 11.9. The maximum Gasteiger partial charge on any atom is 0.238 e. The number of nitrogens with zero attached hydrogens (tertiary/aromatic N) is 5. The van der Waals surface area contributed by atoms with Gasteiger partial charge in [-0.1, -0.05) is 30.2 Å². The number of aromatic nitrogens is 3. The quantitative estimate of drug-likeness (QED) is 0.400. The van der Waals surface area contributed by atoms with Gasteiger partial charge in [-0.05, 0) is 83.2 Å². The molecule has 8 heteroatoms. The molecule has 2 aromatic heterocycles. The van der Waals surface area contributed by atoms with E-state index in [0.717, 1.165) is 59.2 Å². The highest BCUT2D eigenvalue weighted by atomic mass is 35.5. The van der Waals surface area contributed by atoms with E-state index in [9.17, 15) is 4.79 Å². The molecule has 0 N–H and O–H groups in total. The summed E-state index contributed by atoms with van der Waals surface area (Å²) in [5.74, 6) is 0.271. The summed E-state index contributed by atoms with van der Waals surface area (Å²) in [6, 6.07) is 9.57. The average molecular weight is 534 g/mol. The molecule has 200 valence electrons. The molecule has 0 atom stereocenters. The molecule has 3 aromatic rings. The van der Waals surface area contributed by atoms with Crippen molar-refractivity contribution in [3.8, 4) is 11.3 Å². The number of imidazole rings is 1. The van der Waals surface area contributed by atoms with Crippen molar-refractivity contribution < 1.29 is 9.53 Å². The van der Waals surface area contributed by atoms with E-state index < -0.39 is 5.41 Å². The molecular weight excluding hydrogens is 498 g/mol. The number of hydrogen-bond donors (Lipinski definition) is 0. The molecule has 3 aliphatic heterocycles. The summed E-state index contributed by atoms with van der Waals surface area (Å²) < 4.78 is 7.76. The van der Waals surface area contributed by atoms with Gasteiger partial charge >= 0.3 is 0 Å². The fourth-order valence-corrected chi connectivity index (χ4v) is 7.51. The number of likely N-dealkylation sites (tertiary alicyclic amines) is 1. The van der Waals surface area contributed by atoms with Crippen molar-refractivity contribution in [1.29, 1.82) is 0 Å². The molecule has 1 amide bonds. The van der Waals surface area contributed by atoms with Gasteiger partial charge in [0.1, 0.15) is 5.52 Å². The van der Waals surface area contributed by atoms with E-state index >= 15 is 0 Å². The summed E-state index contributed by atoms with van der Waals surface area (Å²) in [6.07, 6.45) is 9.40. The maximum atomic E-state index is 14.2. The van der Waals surface area contributed by atoms with Gasteiger partial charge < -0.3 is 19.1 Å². The first-order valence-electron chi connectivity index (χ1n) is 14.3. The van der Waals surface area contributed by atoms with Gasteiger partial charge in [0, 0.05) is 42.6 Å². The Bertz CT molecular complexity index is 1380. The molecule has 5 heterocycles. The third-order valence-electron chi connectivity index (χ3n) is 9.47. The smallest absolute Gasteiger partial charge is 0.238 e. The number of piperidine rings is 1. The highest BCUT2D eigenvalue weighted by molar-refractivity contribution is 6.34. The Labute approximate surface area is 229 Å². The van der Waals surface area contributed by atoms with E-state index in [4.69, 9.17) is 21.3 Å². The standard InChI is InChI=1S/C30H36ClN5O2/c1-19(2)35-18-32-25-17-24(33-28(31)27(25)35)20-6-7-23-26(14-20)36(29(37)30(23)8-12-38-13-9-30)22-15-21(16-22)34-10-4-3-5-11-34/h6-7,14,17-19,21-22H,3-5,8-13,15-16H2,1-2H3. The Morgan fingerprint density at radius 3 is 2.55 bits per heavy atom. The summed E-state index contributed by atoms with van der Waals surface area (Å²) >= 11 is 6.71. The molecular formula is C30H36ClN5O2. The number of hydrogen-bond acceptors (Lipinski definition) is 5. The van der Waals surface area contributed by atoms with Crippen LogP contribution in [0.15, 0.2) is 30.6 Å². The molecule has 1 saturated carbocycles. The minimum Gasteiger partial charge on any atom is -0.381 e. The summed E-state index contributed by atoms with van der Waals surface area (Å²) in [4.78, 5) is 28.4. The number of benzene rings is 1. The molecule has 0 radical (unpaired) electrons. The number of halogens is 1. The molecule has 1 aliphatic carbocycles. The number of anilines is 1. The van der Waals surface area contributed by atoms with Crippen LogP contribution in [0.1, 0.15) is 70.4 Å². The van der Waals surface area contributed by atoms with Crippen LogP contribution < -0.4 is 4.90 Å². The van der Waals surface area contributed by atoms with Crippen LogP contribution in [0.2, 0.25) is 5.15 Å². The van der Waals surface area contributed by atoms with Crippen molar-refractivity contribution in [2.45, 2.75) is 82.3 Å². The summed E-state index contributed by atoms with van der Waals surface area (Å²) in [5, 5.41) is 0.460. The van der Waals surface area contributed by atoms with Crippen LogP contribution in [0.5, 0.6) is 0 Å². The van der Waals surface area contributed by atoms with E-state index in [1.807, 2.05) is 12.4 Å². The average Bonchev–Trinajstić information content (AvgIpc) is 3.44. The minimum absolute atomic E-state index is 0.247. The second-order valence-corrected chi connectivity index (χ2v) is 12.2. The van der Waals surface area contributed by atoms with Gasteiger partial charge in [0.15, 0.2) is 5.15 Å². The van der Waals surface area contributed by atoms with E-state index in [1.165, 1.54) is 32.4 Å². The largest absolute Gasteiger partial charge is 0.381 e. The lowest BCUT2D eigenvalue weighted by Crippen LogP contribution is -2.57. The molecule has 0 bridgehead atoms. The first-order valence-corrected chi connectivity index (χ1v) is 14.7. The van der Waals surface area contributed by atoms with Crippen molar-refractivity contribution in [3.05, 3.63) is 41.3 Å². The SMILES string of the molecule is CC(C)n1cnc2cc(-c3ccc4c(c3)N(C3CC(N5CCCCC5)C3)C(=O)C43CCOCC3)nc(Cl)c21. The van der Waals surface area contributed by atoms with Crippen LogP contribution in [0.4, 0.5) is 5.69 Å². The van der Waals surface area contributed by atoms with Gasteiger partial charge in [0.05, 0.1) is 23.0 Å². The van der Waals surface area contributed by atoms with Crippen molar-refractivity contribution >= 4 is 34.2 Å². The van der Waals surface area contributed by atoms with E-state index in [-0.39, 0.29) is 18.0 Å². The number of fused-ring (bicyclic) bond motifs is 3. The molecule has 1 spiro atoms. The number of amides is 1. The molecule has 4 aliphatic rings. The minimum atomic E-state index is -0.465. The van der Waals surface area contributed by atoms with E-state index in [2.05, 4.69) is 51.4 Å². The molecule has 7 rings (SSSR count). The number of ether oxygens (including phenoxy) is 1. The Balaban J connectivity index is 1.26. The first kappa shape index (κ1) is 24.6. The first-order chi connectivity index (χ1) is 18.5. The zero-order valence-corrected chi connectivity index (χ0v) is 23.1. The second kappa shape index (κ2) is 9.32. The number of carbonyl (C=O) groups is 1. The fraction of sp³-hybridized carbons (Fsp3) is 0.567. The Morgan fingerprint density at radius 2 is 1.82 bits per heavy atom. The predicted octanol–water partition coefficient (Wildman–Crippen LogP) is 5.74. The molecule has 2 saturated heterocycles. The van der Waals surface area contributed by atoms with Gasteiger partial charge in [-0.2, -0.15) is 0 Å². The van der Waals surface area contributed by atoms with Crippen molar-refractivity contribution in [1.82, 2.24) is 19.4 Å². The Morgan fingerprint density at radius 1 is 1.05 bits per heavy atom. The number of carbonyl (C=O) groups excluding carboxylic acids is 1. The van der Waals surface area contributed by atoms with Gasteiger partial charge in [0.2, 0.25) is 5.91 Å². The highest BCUT2D eigenvalue weighted by Gasteiger charge is 2.55. The number of rotatable bonds is 4. The Kier molecular flexibility index (Phi) is 6.02. The Hall–Kier alpha value is -2.48. The normalized spacial score (nSPS) is 25.4. The zero-order valence-electron chi connectivity index (χ0n) is 22.3. The fourth-order valence-electron chi connectivity index (χ4n) is 7.22. The lowest BCUT2D eigenvalue weighted by atomic mass is 9.75. The lowest BCUT2D eigenvalue weighted by molar-refractivity contribution is -0.127. The topological polar surface area (TPSA) is 63.5 Å². The van der Waals surface area contributed by atoms with Crippen molar-refractivity contribution in [2.75, 3.05) is 31.2 Å². The van der Waals surface area contributed by atoms with E-state index in [1.54, 1.807) is 0 Å². The van der Waals surface area contributed by atoms with E-state index in [0.29, 0.717) is 24.4 Å². The predicted molar refractivity (Wildman–Crippen MR) is 150 cm³/mol. The van der Waals surface area contributed by atoms with Gasteiger partial charge in [-0.15, -0.1) is 0 Å². The summed E-state index contributed by atoms with van der Waals surface area (Å²) in [7, 11) is 0. The van der Waals surface area contributed by atoms with Gasteiger partial charge in [-0.25, -0.2) is 9.97 Å². The number of pyridine rings is 1. The van der Waals surface area contributed by atoms with Crippen molar-refractivity contribution in [2.24, 2.45) is 0 Å². The molecule has 7 nitrogen and oxygen atoms in total. The van der Waals surface area contributed by atoms with Crippen LogP contribution in [0.25, 0.3) is 22.3 Å². The highest BCUT2D eigenvalue weighted by Crippen LogP contribution is 2.51. The van der Waals surface area contributed by atoms with Crippen LogP contribution >= 0.6 is 11.6 Å². The molecule has 3 fully saturated rings. The summed E-state index contributed by atoms with van der Waals surface area (Å²) in [5.41, 5.74) is 5.22. The molecule has 38 heavy (non-hydrogen) atoms.